The Bertz CT molecular complexity index is 122. The summed E-state index contributed by atoms with van der Waals surface area (Å²) in [7, 11) is 0. The quantitative estimate of drug-likeness (QED) is 0.416. The molecule has 0 saturated carbocycles. The highest BCUT2D eigenvalue weighted by atomic mass is 32.2. The first-order valence-electron chi connectivity index (χ1n) is 3.77. The Balaban J connectivity index is 2.86. The lowest BCUT2D eigenvalue weighted by atomic mass is 10.7. The highest BCUT2D eigenvalue weighted by Crippen LogP contribution is 1.77. The Kier molecular flexibility index (Phi) is 9.07. The lowest BCUT2D eigenvalue weighted by molar-refractivity contribution is 0.0552. The molecule has 0 amide bonds. The fourth-order valence-corrected chi connectivity index (χ4v) is 0.823. The van der Waals surface area contributed by atoms with E-state index in [0.717, 1.165) is 0 Å². The van der Waals surface area contributed by atoms with Crippen molar-refractivity contribution < 1.29 is 18.2 Å². The molecule has 5 nitrogen and oxygen atoms in total. The van der Waals surface area contributed by atoms with Gasteiger partial charge >= 0.3 is 0 Å². The summed E-state index contributed by atoms with van der Waals surface area (Å²) in [5.74, 6) is 0. The molecule has 0 spiro atoms. The van der Waals surface area contributed by atoms with E-state index in [1.807, 2.05) is 6.92 Å². The lowest BCUT2D eigenvalue weighted by Gasteiger charge is -2.03. The van der Waals surface area contributed by atoms with Crippen LogP contribution in [0.15, 0.2) is 0 Å². The molecule has 0 aliphatic rings. The zero-order valence-electron chi connectivity index (χ0n) is 7.12. The number of rotatable bonds is 8. The molecule has 12 heavy (non-hydrogen) atoms. The summed E-state index contributed by atoms with van der Waals surface area (Å²) in [5, 5.41) is 0. The van der Waals surface area contributed by atoms with Crippen LogP contribution in [0.2, 0.25) is 0 Å². The molecule has 1 unspecified atom stereocenters. The fourth-order valence-electron chi connectivity index (χ4n) is 0.565. The minimum Gasteiger partial charge on any atom is -0.379 e. The van der Waals surface area contributed by atoms with Gasteiger partial charge in [0.05, 0.1) is 19.8 Å². The maximum Gasteiger partial charge on any atom is 0.231 e. The Morgan fingerprint density at radius 2 is 2.00 bits per heavy atom. The van der Waals surface area contributed by atoms with Gasteiger partial charge in [-0.1, -0.05) is 0 Å². The molecule has 0 aliphatic carbocycles. The summed E-state index contributed by atoms with van der Waals surface area (Å²) in [6, 6.07) is 0. The lowest BCUT2D eigenvalue weighted by Crippen LogP contribution is -2.22. The van der Waals surface area contributed by atoms with Crippen LogP contribution >= 0.6 is 0 Å². The molecule has 0 aromatic rings. The van der Waals surface area contributed by atoms with E-state index in [0.29, 0.717) is 33.0 Å². The van der Waals surface area contributed by atoms with Gasteiger partial charge in [0.15, 0.2) is 0 Å². The standard InChI is InChI=1S/C6H15NO4S/c1-2-10-5-6-11-4-3-7-12(8)9/h7H,2-6H2,1H3,(H,8,9). The van der Waals surface area contributed by atoms with Gasteiger partial charge in [-0.3, -0.25) is 4.55 Å². The Hall–Kier alpha value is -0.0100. The van der Waals surface area contributed by atoms with E-state index < -0.39 is 11.3 Å². The van der Waals surface area contributed by atoms with Crippen molar-refractivity contribution in [1.29, 1.82) is 0 Å². The molecule has 0 aromatic heterocycles. The highest BCUT2D eigenvalue weighted by molar-refractivity contribution is 7.77. The van der Waals surface area contributed by atoms with E-state index in [1.54, 1.807) is 0 Å². The topological polar surface area (TPSA) is 67.8 Å². The molecule has 2 N–H and O–H groups in total. The van der Waals surface area contributed by atoms with Crippen molar-refractivity contribution in [2.75, 3.05) is 33.0 Å². The van der Waals surface area contributed by atoms with Crippen LogP contribution in [0.1, 0.15) is 6.92 Å². The number of hydrogen-bond acceptors (Lipinski definition) is 3. The molecule has 0 rings (SSSR count). The van der Waals surface area contributed by atoms with Crippen molar-refractivity contribution in [1.82, 2.24) is 4.72 Å². The van der Waals surface area contributed by atoms with Crippen LogP contribution in [-0.4, -0.2) is 41.7 Å². The normalized spacial score (nSPS) is 13.2. The SMILES string of the molecule is CCOCCOCCNS(=O)O. The third-order valence-corrected chi connectivity index (χ3v) is 1.50. The largest absolute Gasteiger partial charge is 0.379 e. The third kappa shape index (κ3) is 9.99. The smallest absolute Gasteiger partial charge is 0.231 e. The molecule has 6 heteroatoms. The first-order chi connectivity index (χ1) is 5.77. The molecule has 0 saturated heterocycles. The van der Waals surface area contributed by atoms with Crippen LogP contribution in [-0.2, 0) is 20.7 Å². The average Bonchev–Trinajstić information content (AvgIpc) is 2.02. The minimum atomic E-state index is -1.94. The van der Waals surface area contributed by atoms with Gasteiger partial charge in [0.1, 0.15) is 0 Å². The van der Waals surface area contributed by atoms with E-state index in [2.05, 4.69) is 4.72 Å². The van der Waals surface area contributed by atoms with Gasteiger partial charge in [-0.2, -0.15) is 0 Å². The number of hydrogen-bond donors (Lipinski definition) is 2. The summed E-state index contributed by atoms with van der Waals surface area (Å²) < 4.78 is 30.7. The predicted octanol–water partition coefficient (Wildman–Crippen LogP) is -0.234. The third-order valence-electron chi connectivity index (χ3n) is 1.05. The van der Waals surface area contributed by atoms with Crippen LogP contribution < -0.4 is 4.72 Å². The summed E-state index contributed by atoms with van der Waals surface area (Å²) in [6.45, 7) is 4.47. The fraction of sp³-hybridized carbons (Fsp3) is 1.00. The molecule has 0 aliphatic heterocycles. The van der Waals surface area contributed by atoms with Crippen LogP contribution in [0.25, 0.3) is 0 Å². The van der Waals surface area contributed by atoms with Crippen LogP contribution in [0.3, 0.4) is 0 Å². The maximum atomic E-state index is 10.1. The zero-order chi connectivity index (χ0) is 9.23. The van der Waals surface area contributed by atoms with Crippen molar-refractivity contribution in [3.63, 3.8) is 0 Å². The first kappa shape index (κ1) is 12.0. The summed E-state index contributed by atoms with van der Waals surface area (Å²) in [6.07, 6.45) is 0. The van der Waals surface area contributed by atoms with Gasteiger partial charge in [0, 0.05) is 13.2 Å². The second kappa shape index (κ2) is 9.08. The molecular formula is C6H15NO4S. The Labute approximate surface area is 74.9 Å². The van der Waals surface area contributed by atoms with Crippen LogP contribution in [0.5, 0.6) is 0 Å². The molecule has 0 fully saturated rings. The highest BCUT2D eigenvalue weighted by Gasteiger charge is 1.91. The van der Waals surface area contributed by atoms with Crippen molar-refractivity contribution in [2.24, 2.45) is 0 Å². The second-order valence-corrected chi connectivity index (χ2v) is 2.74. The van der Waals surface area contributed by atoms with E-state index in [9.17, 15) is 4.21 Å². The molecule has 0 bridgehead atoms. The van der Waals surface area contributed by atoms with Gasteiger partial charge < -0.3 is 9.47 Å². The van der Waals surface area contributed by atoms with Crippen LogP contribution in [0.4, 0.5) is 0 Å². The van der Waals surface area contributed by atoms with E-state index >= 15 is 0 Å². The van der Waals surface area contributed by atoms with E-state index in [-0.39, 0.29) is 0 Å². The second-order valence-electron chi connectivity index (χ2n) is 1.95. The van der Waals surface area contributed by atoms with Gasteiger partial charge in [0.25, 0.3) is 0 Å². The Morgan fingerprint density at radius 1 is 1.33 bits per heavy atom. The van der Waals surface area contributed by atoms with Gasteiger partial charge in [-0.25, -0.2) is 8.93 Å². The van der Waals surface area contributed by atoms with Crippen molar-refractivity contribution in [2.45, 2.75) is 6.92 Å². The zero-order valence-corrected chi connectivity index (χ0v) is 7.93. The molecule has 0 heterocycles. The van der Waals surface area contributed by atoms with E-state index in [4.69, 9.17) is 14.0 Å². The molecule has 0 aromatic carbocycles. The molecule has 74 valence electrons. The average molecular weight is 197 g/mol. The van der Waals surface area contributed by atoms with Crippen molar-refractivity contribution in [3.8, 4) is 0 Å². The summed E-state index contributed by atoms with van der Waals surface area (Å²) in [4.78, 5) is 0. The predicted molar refractivity (Wildman–Crippen MR) is 46.1 cm³/mol. The van der Waals surface area contributed by atoms with Crippen molar-refractivity contribution in [3.05, 3.63) is 0 Å². The maximum absolute atomic E-state index is 10.1. The minimum absolute atomic E-state index is 0.370. The molecule has 0 radical (unpaired) electrons. The number of nitrogens with one attached hydrogen (secondary N) is 1. The molecule has 1 atom stereocenters. The number of ether oxygens (including phenoxy) is 2. The van der Waals surface area contributed by atoms with Gasteiger partial charge in [0.2, 0.25) is 11.3 Å². The van der Waals surface area contributed by atoms with Gasteiger partial charge in [-0.05, 0) is 6.92 Å². The Morgan fingerprint density at radius 3 is 2.58 bits per heavy atom. The van der Waals surface area contributed by atoms with Crippen LogP contribution in [0, 0.1) is 0 Å². The van der Waals surface area contributed by atoms with Gasteiger partial charge in [-0.15, -0.1) is 0 Å². The monoisotopic (exact) mass is 197 g/mol. The summed E-state index contributed by atoms with van der Waals surface area (Å²) in [5.41, 5.74) is 0. The van der Waals surface area contributed by atoms with Crippen molar-refractivity contribution >= 4 is 11.3 Å². The van der Waals surface area contributed by atoms with E-state index in [1.165, 1.54) is 0 Å². The molecular weight excluding hydrogens is 182 g/mol. The first-order valence-corrected chi connectivity index (χ1v) is 4.88. The summed E-state index contributed by atoms with van der Waals surface area (Å²) >= 11 is -1.94.